The molecule has 0 amide bonds. The van der Waals surface area contributed by atoms with Gasteiger partial charge in [-0.3, -0.25) is 0 Å². The van der Waals surface area contributed by atoms with Crippen molar-refractivity contribution in [1.29, 1.82) is 0 Å². The van der Waals surface area contributed by atoms with Crippen LogP contribution in [0.2, 0.25) is 0 Å². The maximum atomic E-state index is 5.62. The molecular formula is C11H12Br2O. The third-order valence-electron chi connectivity index (χ3n) is 2.39. The number of hydrogen-bond acceptors (Lipinski definition) is 1. The molecule has 2 rings (SSSR count). The molecule has 76 valence electrons. The lowest BCUT2D eigenvalue weighted by Crippen LogP contribution is -2.01. The van der Waals surface area contributed by atoms with Gasteiger partial charge < -0.3 is 4.74 Å². The maximum absolute atomic E-state index is 5.62. The molecule has 1 fully saturated rings. The van der Waals surface area contributed by atoms with Gasteiger partial charge in [-0.25, -0.2) is 0 Å². The van der Waals surface area contributed by atoms with Gasteiger partial charge in [0, 0.05) is 5.92 Å². The maximum Gasteiger partial charge on any atom is 0.0860 e. The van der Waals surface area contributed by atoms with Crippen LogP contribution in [0.4, 0.5) is 0 Å². The normalized spacial score (nSPS) is 23.4. The van der Waals surface area contributed by atoms with Gasteiger partial charge in [0.1, 0.15) is 0 Å². The topological polar surface area (TPSA) is 9.23 Å². The number of halogens is 2. The summed E-state index contributed by atoms with van der Waals surface area (Å²) >= 11 is 7.15. The summed E-state index contributed by atoms with van der Waals surface area (Å²) in [5.41, 5.74) is 1.24. The average molecular weight is 320 g/mol. The van der Waals surface area contributed by atoms with Gasteiger partial charge in [0.05, 0.1) is 16.4 Å². The zero-order valence-electron chi connectivity index (χ0n) is 7.75. The predicted octanol–water partition coefficient (Wildman–Crippen LogP) is 3.71. The van der Waals surface area contributed by atoms with Crippen molar-refractivity contribution in [2.24, 2.45) is 5.92 Å². The Morgan fingerprint density at radius 2 is 1.93 bits per heavy atom. The summed E-state index contributed by atoms with van der Waals surface area (Å²) in [5, 5.41) is 0. The summed E-state index contributed by atoms with van der Waals surface area (Å²) in [6.45, 7) is 1.54. The Morgan fingerprint density at radius 3 is 2.50 bits per heavy atom. The molecule has 1 atom stereocenters. The first-order chi connectivity index (χ1) is 6.68. The van der Waals surface area contributed by atoms with Gasteiger partial charge in [-0.15, -0.1) is 0 Å². The summed E-state index contributed by atoms with van der Waals surface area (Å²) in [7, 11) is 0. The van der Waals surface area contributed by atoms with Crippen LogP contribution < -0.4 is 0 Å². The number of hydrogen-bond donors (Lipinski definition) is 0. The lowest BCUT2D eigenvalue weighted by Gasteiger charge is -2.04. The second kappa shape index (κ2) is 4.33. The SMILES string of the molecule is BrC1(Br)CC1COCc1ccccc1. The number of alkyl halides is 2. The standard InChI is InChI=1S/C11H12Br2O/c12-11(13)6-10(11)8-14-7-9-4-2-1-3-5-9/h1-5,10H,6-8H2. The Balaban J connectivity index is 1.69. The van der Waals surface area contributed by atoms with Crippen LogP contribution in [0.1, 0.15) is 12.0 Å². The van der Waals surface area contributed by atoms with Crippen molar-refractivity contribution < 1.29 is 4.74 Å². The lowest BCUT2D eigenvalue weighted by atomic mass is 10.2. The van der Waals surface area contributed by atoms with E-state index in [-0.39, 0.29) is 3.23 Å². The smallest absolute Gasteiger partial charge is 0.0860 e. The average Bonchev–Trinajstić information content (AvgIpc) is 2.76. The summed E-state index contributed by atoms with van der Waals surface area (Å²) < 4.78 is 5.78. The Bertz CT molecular complexity index is 297. The monoisotopic (exact) mass is 318 g/mol. The molecule has 1 nitrogen and oxygen atoms in total. The fourth-order valence-electron chi connectivity index (χ4n) is 1.34. The van der Waals surface area contributed by atoms with E-state index in [1.807, 2.05) is 18.2 Å². The van der Waals surface area contributed by atoms with Crippen LogP contribution >= 0.6 is 31.9 Å². The molecule has 0 saturated heterocycles. The highest BCUT2D eigenvalue weighted by molar-refractivity contribution is 9.25. The molecule has 3 heteroatoms. The lowest BCUT2D eigenvalue weighted by molar-refractivity contribution is 0.111. The van der Waals surface area contributed by atoms with Gasteiger partial charge in [0.25, 0.3) is 0 Å². The minimum Gasteiger partial charge on any atom is -0.376 e. The number of ether oxygens (including phenoxy) is 1. The van der Waals surface area contributed by atoms with Crippen molar-refractivity contribution in [1.82, 2.24) is 0 Å². The first kappa shape index (κ1) is 10.7. The van der Waals surface area contributed by atoms with Crippen molar-refractivity contribution >= 4 is 31.9 Å². The second-order valence-electron chi connectivity index (χ2n) is 3.66. The van der Waals surface area contributed by atoms with E-state index >= 15 is 0 Å². The molecule has 1 aromatic rings. The fraction of sp³-hybridized carbons (Fsp3) is 0.455. The molecule has 1 aliphatic carbocycles. The van der Waals surface area contributed by atoms with Gasteiger partial charge in [0.15, 0.2) is 0 Å². The van der Waals surface area contributed by atoms with E-state index in [1.165, 1.54) is 5.56 Å². The summed E-state index contributed by atoms with van der Waals surface area (Å²) in [4.78, 5) is 0. The van der Waals surface area contributed by atoms with Crippen LogP contribution in [0.5, 0.6) is 0 Å². The Morgan fingerprint density at radius 1 is 1.29 bits per heavy atom. The minimum atomic E-state index is 0.163. The van der Waals surface area contributed by atoms with E-state index in [4.69, 9.17) is 4.74 Å². The first-order valence-electron chi connectivity index (χ1n) is 4.68. The van der Waals surface area contributed by atoms with Crippen LogP contribution in [-0.4, -0.2) is 9.84 Å². The molecule has 14 heavy (non-hydrogen) atoms. The third kappa shape index (κ3) is 2.81. The Kier molecular flexibility index (Phi) is 3.30. The number of benzene rings is 1. The zero-order valence-corrected chi connectivity index (χ0v) is 10.9. The molecule has 1 aromatic carbocycles. The van der Waals surface area contributed by atoms with E-state index in [9.17, 15) is 0 Å². The van der Waals surface area contributed by atoms with Crippen molar-refractivity contribution in [2.45, 2.75) is 16.3 Å². The van der Waals surface area contributed by atoms with Crippen molar-refractivity contribution in [3.8, 4) is 0 Å². The quantitative estimate of drug-likeness (QED) is 0.769. The molecule has 1 unspecified atom stereocenters. The second-order valence-corrected chi connectivity index (χ2v) is 7.56. The molecular weight excluding hydrogens is 308 g/mol. The molecule has 0 radical (unpaired) electrons. The first-order valence-corrected chi connectivity index (χ1v) is 6.26. The van der Waals surface area contributed by atoms with Crippen molar-refractivity contribution in [3.05, 3.63) is 35.9 Å². The van der Waals surface area contributed by atoms with Gasteiger partial charge in [0.2, 0.25) is 0 Å². The molecule has 0 bridgehead atoms. The predicted molar refractivity (Wildman–Crippen MR) is 64.8 cm³/mol. The van der Waals surface area contributed by atoms with Gasteiger partial charge in [-0.1, -0.05) is 62.2 Å². The Labute approximate surface area is 101 Å². The molecule has 1 aliphatic rings. The zero-order chi connectivity index (χ0) is 10.0. The highest BCUT2D eigenvalue weighted by Crippen LogP contribution is 2.56. The van der Waals surface area contributed by atoms with Crippen molar-refractivity contribution in [2.75, 3.05) is 6.61 Å². The van der Waals surface area contributed by atoms with Crippen LogP contribution in [0.15, 0.2) is 30.3 Å². The summed E-state index contributed by atoms with van der Waals surface area (Å²) in [6.07, 6.45) is 1.15. The van der Waals surface area contributed by atoms with Crippen LogP contribution in [0.25, 0.3) is 0 Å². The molecule has 0 N–H and O–H groups in total. The molecule has 0 heterocycles. The fourth-order valence-corrected chi connectivity index (χ4v) is 2.39. The van der Waals surface area contributed by atoms with Crippen LogP contribution in [0, 0.1) is 5.92 Å². The van der Waals surface area contributed by atoms with E-state index < -0.39 is 0 Å². The molecule has 0 aromatic heterocycles. The van der Waals surface area contributed by atoms with Gasteiger partial charge in [-0.2, -0.15) is 0 Å². The minimum absolute atomic E-state index is 0.163. The number of rotatable bonds is 4. The van der Waals surface area contributed by atoms with E-state index in [0.29, 0.717) is 12.5 Å². The third-order valence-corrected chi connectivity index (χ3v) is 4.33. The summed E-state index contributed by atoms with van der Waals surface area (Å²) in [5.74, 6) is 0.617. The van der Waals surface area contributed by atoms with E-state index in [0.717, 1.165) is 13.0 Å². The summed E-state index contributed by atoms with van der Waals surface area (Å²) in [6, 6.07) is 10.3. The molecule has 0 spiro atoms. The van der Waals surface area contributed by atoms with Crippen molar-refractivity contribution in [3.63, 3.8) is 0 Å². The van der Waals surface area contributed by atoms with Gasteiger partial charge in [-0.05, 0) is 12.0 Å². The highest BCUT2D eigenvalue weighted by atomic mass is 79.9. The molecule has 0 aliphatic heterocycles. The molecule has 1 saturated carbocycles. The van der Waals surface area contributed by atoms with Crippen LogP contribution in [0.3, 0.4) is 0 Å². The largest absolute Gasteiger partial charge is 0.376 e. The van der Waals surface area contributed by atoms with Gasteiger partial charge >= 0.3 is 0 Å². The van der Waals surface area contributed by atoms with Crippen LogP contribution in [-0.2, 0) is 11.3 Å². The highest BCUT2D eigenvalue weighted by Gasteiger charge is 2.50. The Hall–Kier alpha value is 0.140. The van der Waals surface area contributed by atoms with E-state index in [2.05, 4.69) is 44.0 Å². The van der Waals surface area contributed by atoms with E-state index in [1.54, 1.807) is 0 Å².